The van der Waals surface area contributed by atoms with Crippen molar-refractivity contribution in [1.82, 2.24) is 15.6 Å². The van der Waals surface area contributed by atoms with Crippen molar-refractivity contribution in [3.63, 3.8) is 0 Å². The summed E-state index contributed by atoms with van der Waals surface area (Å²) in [4.78, 5) is 16.5. The number of amides is 1. The molecule has 5 heteroatoms. The fraction of sp³-hybridized carbons (Fsp3) is 0.429. The fourth-order valence-electron chi connectivity index (χ4n) is 3.41. The highest BCUT2D eigenvalue weighted by Crippen LogP contribution is 2.18. The topological polar surface area (TPSA) is 66.0 Å². The number of hydrogen-bond donors (Lipinski definition) is 3. The average molecular weight is 352 g/mol. The van der Waals surface area contributed by atoms with Crippen LogP contribution >= 0.6 is 0 Å². The SMILES string of the molecule is Cc1cnccc1NCCNC(=O)c1cccc(CC2CCNCC2)c1. The van der Waals surface area contributed by atoms with E-state index in [2.05, 4.69) is 27.0 Å². The van der Waals surface area contributed by atoms with Crippen LogP contribution < -0.4 is 16.0 Å². The summed E-state index contributed by atoms with van der Waals surface area (Å²) in [5.41, 5.74) is 4.16. The highest BCUT2D eigenvalue weighted by molar-refractivity contribution is 5.94. The molecule has 0 bridgehead atoms. The molecule has 3 rings (SSSR count). The maximum atomic E-state index is 12.4. The number of anilines is 1. The highest BCUT2D eigenvalue weighted by Gasteiger charge is 2.14. The third kappa shape index (κ3) is 5.30. The molecule has 0 spiro atoms. The zero-order chi connectivity index (χ0) is 18.2. The summed E-state index contributed by atoms with van der Waals surface area (Å²) in [7, 11) is 0. The number of aromatic nitrogens is 1. The van der Waals surface area contributed by atoms with Crippen LogP contribution in [0.4, 0.5) is 5.69 Å². The number of aryl methyl sites for hydroxylation is 1. The van der Waals surface area contributed by atoms with E-state index in [0.29, 0.717) is 13.1 Å². The van der Waals surface area contributed by atoms with Crippen LogP contribution in [0.1, 0.15) is 34.3 Å². The number of benzene rings is 1. The Labute approximate surface area is 155 Å². The van der Waals surface area contributed by atoms with Crippen molar-refractivity contribution in [2.75, 3.05) is 31.5 Å². The second-order valence-electron chi connectivity index (χ2n) is 6.97. The Hall–Kier alpha value is -2.40. The quantitative estimate of drug-likeness (QED) is 0.671. The number of pyridine rings is 1. The van der Waals surface area contributed by atoms with Crippen LogP contribution in [0.25, 0.3) is 0 Å². The van der Waals surface area contributed by atoms with Crippen LogP contribution in [0.3, 0.4) is 0 Å². The van der Waals surface area contributed by atoms with Gasteiger partial charge >= 0.3 is 0 Å². The smallest absolute Gasteiger partial charge is 0.251 e. The van der Waals surface area contributed by atoms with Crippen molar-refractivity contribution in [3.8, 4) is 0 Å². The van der Waals surface area contributed by atoms with Crippen molar-refractivity contribution in [2.45, 2.75) is 26.2 Å². The first-order valence-corrected chi connectivity index (χ1v) is 9.45. The number of nitrogens with zero attached hydrogens (tertiary/aromatic N) is 1. The normalized spacial score (nSPS) is 14.8. The van der Waals surface area contributed by atoms with Crippen LogP contribution in [0.15, 0.2) is 42.7 Å². The van der Waals surface area contributed by atoms with Gasteiger partial charge < -0.3 is 16.0 Å². The molecule has 2 heterocycles. The highest BCUT2D eigenvalue weighted by atomic mass is 16.1. The molecular formula is C21H28N4O. The molecule has 1 aromatic heterocycles. The molecule has 2 aromatic rings. The van der Waals surface area contributed by atoms with E-state index in [1.165, 1.54) is 18.4 Å². The average Bonchev–Trinajstić information content (AvgIpc) is 2.67. The Balaban J connectivity index is 1.46. The maximum absolute atomic E-state index is 12.4. The molecule has 1 aromatic carbocycles. The van der Waals surface area contributed by atoms with E-state index in [9.17, 15) is 4.79 Å². The minimum absolute atomic E-state index is 0.00888. The molecule has 0 saturated carbocycles. The van der Waals surface area contributed by atoms with Crippen molar-refractivity contribution in [2.24, 2.45) is 5.92 Å². The van der Waals surface area contributed by atoms with Crippen molar-refractivity contribution >= 4 is 11.6 Å². The standard InChI is InChI=1S/C21H28N4O/c1-16-15-23-10-7-20(16)24-11-12-25-21(26)19-4-2-3-18(14-19)13-17-5-8-22-9-6-17/h2-4,7,10,14-15,17,22H,5-6,8-9,11-13H2,1H3,(H,23,24)(H,25,26). The zero-order valence-electron chi connectivity index (χ0n) is 15.4. The van der Waals surface area contributed by atoms with Gasteiger partial charge in [-0.1, -0.05) is 12.1 Å². The third-order valence-corrected chi connectivity index (χ3v) is 4.92. The minimum Gasteiger partial charge on any atom is -0.383 e. The molecule has 138 valence electrons. The van der Waals surface area contributed by atoms with Gasteiger partial charge in [-0.25, -0.2) is 0 Å². The molecule has 5 nitrogen and oxygen atoms in total. The fourth-order valence-corrected chi connectivity index (χ4v) is 3.41. The Bertz CT molecular complexity index is 725. The number of nitrogens with one attached hydrogen (secondary N) is 3. The van der Waals surface area contributed by atoms with Crippen molar-refractivity contribution in [3.05, 3.63) is 59.4 Å². The Morgan fingerprint density at radius 1 is 1.23 bits per heavy atom. The molecule has 1 fully saturated rings. The first-order valence-electron chi connectivity index (χ1n) is 9.45. The molecule has 3 N–H and O–H groups in total. The van der Waals surface area contributed by atoms with Gasteiger partial charge in [0.05, 0.1) is 0 Å². The van der Waals surface area contributed by atoms with Gasteiger partial charge in [-0.3, -0.25) is 9.78 Å². The molecule has 26 heavy (non-hydrogen) atoms. The summed E-state index contributed by atoms with van der Waals surface area (Å²) in [6, 6.07) is 10.00. The van der Waals surface area contributed by atoms with E-state index in [0.717, 1.165) is 42.2 Å². The lowest BCUT2D eigenvalue weighted by molar-refractivity contribution is 0.0955. The molecule has 1 saturated heterocycles. The minimum atomic E-state index is -0.00888. The summed E-state index contributed by atoms with van der Waals surface area (Å²) >= 11 is 0. The molecule has 0 radical (unpaired) electrons. The lowest BCUT2D eigenvalue weighted by Crippen LogP contribution is -2.29. The summed E-state index contributed by atoms with van der Waals surface area (Å²) in [5.74, 6) is 0.716. The number of hydrogen-bond acceptors (Lipinski definition) is 4. The van der Waals surface area contributed by atoms with Crippen molar-refractivity contribution in [1.29, 1.82) is 0 Å². The van der Waals surface area contributed by atoms with Crippen LogP contribution in [-0.4, -0.2) is 37.1 Å². The Kier molecular flexibility index (Phi) is 6.61. The third-order valence-electron chi connectivity index (χ3n) is 4.92. The lowest BCUT2D eigenvalue weighted by atomic mass is 9.90. The van der Waals surface area contributed by atoms with Gasteiger partial charge in [-0.2, -0.15) is 0 Å². The van der Waals surface area contributed by atoms with Crippen molar-refractivity contribution < 1.29 is 4.79 Å². The van der Waals surface area contributed by atoms with Gasteiger partial charge in [0.2, 0.25) is 0 Å². The molecule has 1 aliphatic heterocycles. The zero-order valence-corrected chi connectivity index (χ0v) is 15.4. The summed E-state index contributed by atoms with van der Waals surface area (Å²) in [6.45, 7) is 5.50. The van der Waals surface area contributed by atoms with Gasteiger partial charge in [0.1, 0.15) is 0 Å². The van der Waals surface area contributed by atoms with E-state index in [4.69, 9.17) is 0 Å². The summed E-state index contributed by atoms with van der Waals surface area (Å²) in [6.07, 6.45) is 7.09. The van der Waals surface area contributed by atoms with Gasteiger partial charge in [-0.05, 0) is 74.5 Å². The molecule has 0 atom stereocenters. The first-order chi connectivity index (χ1) is 12.7. The summed E-state index contributed by atoms with van der Waals surface area (Å²) < 4.78 is 0. The van der Waals surface area contributed by atoms with Crippen LogP contribution in [0.2, 0.25) is 0 Å². The maximum Gasteiger partial charge on any atom is 0.251 e. The number of rotatable bonds is 7. The number of carbonyl (C=O) groups is 1. The van der Waals surface area contributed by atoms with Crippen LogP contribution in [0, 0.1) is 12.8 Å². The van der Waals surface area contributed by atoms with Crippen LogP contribution in [0.5, 0.6) is 0 Å². The molecular weight excluding hydrogens is 324 g/mol. The van der Waals surface area contributed by atoms with E-state index >= 15 is 0 Å². The number of carbonyl (C=O) groups excluding carboxylic acids is 1. The molecule has 1 aliphatic rings. The van der Waals surface area contributed by atoms with Gasteiger partial charge in [0.25, 0.3) is 5.91 Å². The van der Waals surface area contributed by atoms with Crippen LogP contribution in [-0.2, 0) is 6.42 Å². The van der Waals surface area contributed by atoms with E-state index in [1.54, 1.807) is 6.20 Å². The molecule has 0 aliphatic carbocycles. The Morgan fingerprint density at radius 3 is 2.88 bits per heavy atom. The lowest BCUT2D eigenvalue weighted by Gasteiger charge is -2.22. The predicted octanol–water partition coefficient (Wildman–Crippen LogP) is 2.77. The molecule has 1 amide bonds. The van der Waals surface area contributed by atoms with Gasteiger partial charge in [-0.15, -0.1) is 0 Å². The number of piperidine rings is 1. The van der Waals surface area contributed by atoms with E-state index in [1.807, 2.05) is 37.4 Å². The van der Waals surface area contributed by atoms with Gasteiger partial charge in [0, 0.05) is 36.7 Å². The van der Waals surface area contributed by atoms with E-state index < -0.39 is 0 Å². The second-order valence-corrected chi connectivity index (χ2v) is 6.97. The molecule has 0 unspecified atom stereocenters. The monoisotopic (exact) mass is 352 g/mol. The van der Waals surface area contributed by atoms with E-state index in [-0.39, 0.29) is 5.91 Å². The summed E-state index contributed by atoms with van der Waals surface area (Å²) in [5, 5.41) is 9.72. The van der Waals surface area contributed by atoms with Gasteiger partial charge in [0.15, 0.2) is 0 Å². The Morgan fingerprint density at radius 2 is 2.08 bits per heavy atom. The second kappa shape index (κ2) is 9.34. The largest absolute Gasteiger partial charge is 0.383 e. The first kappa shape index (κ1) is 18.4. The predicted molar refractivity (Wildman–Crippen MR) is 106 cm³/mol.